The smallest absolute Gasteiger partial charge is 0.235 e. The van der Waals surface area contributed by atoms with Gasteiger partial charge in [-0.3, -0.25) is 4.79 Å². The van der Waals surface area contributed by atoms with Gasteiger partial charge in [0, 0.05) is 24.6 Å². The second-order valence-electron chi connectivity index (χ2n) is 8.64. The Morgan fingerprint density at radius 2 is 2.09 bits per heavy atom. The van der Waals surface area contributed by atoms with Crippen LogP contribution in [0.2, 0.25) is 0 Å². The first kappa shape index (κ1) is 22.8. The highest BCUT2D eigenvalue weighted by molar-refractivity contribution is 8.01. The molecule has 10 heteroatoms. The number of benzene rings is 1. The topological polar surface area (TPSA) is 94.0 Å². The maximum absolute atomic E-state index is 12.7. The Labute approximate surface area is 196 Å². The molecule has 1 saturated heterocycles. The molecule has 0 radical (unpaired) electrons. The number of nitrogens with one attached hydrogen (secondary N) is 2. The Kier molecular flexibility index (Phi) is 7.12. The van der Waals surface area contributed by atoms with Crippen LogP contribution in [-0.2, 0) is 14.9 Å². The lowest BCUT2D eigenvalue weighted by Gasteiger charge is -2.14. The molecule has 1 aromatic carbocycles. The number of aromatic nitrogens is 4. The zero-order valence-electron chi connectivity index (χ0n) is 18.5. The van der Waals surface area contributed by atoms with Crippen LogP contribution in [0.5, 0.6) is 0 Å². The van der Waals surface area contributed by atoms with Crippen LogP contribution in [0.1, 0.15) is 39.3 Å². The maximum atomic E-state index is 12.7. The summed E-state index contributed by atoms with van der Waals surface area (Å²) >= 11 is 2.82. The molecule has 4 rings (SSSR count). The molecule has 1 aliphatic rings. The number of amides is 1. The number of hydrogen-bond donors (Lipinski definition) is 2. The third-order valence-electron chi connectivity index (χ3n) is 4.98. The number of rotatable bonds is 8. The first-order valence-electron chi connectivity index (χ1n) is 10.7. The molecule has 1 amide bonds. The third kappa shape index (κ3) is 5.87. The summed E-state index contributed by atoms with van der Waals surface area (Å²) in [6.07, 6.45) is 2.43. The predicted molar refractivity (Wildman–Crippen MR) is 129 cm³/mol. The van der Waals surface area contributed by atoms with E-state index in [1.54, 1.807) is 4.68 Å². The van der Waals surface area contributed by atoms with Crippen molar-refractivity contribution in [1.29, 1.82) is 0 Å². The molecule has 170 valence electrons. The Morgan fingerprint density at radius 1 is 1.28 bits per heavy atom. The fourth-order valence-corrected chi connectivity index (χ4v) is 4.81. The molecule has 1 atom stereocenters. The lowest BCUT2D eigenvalue weighted by molar-refractivity contribution is -0.113. The molecule has 1 aliphatic heterocycles. The summed E-state index contributed by atoms with van der Waals surface area (Å²) in [6, 6.07) is 11.7. The van der Waals surface area contributed by atoms with Crippen molar-refractivity contribution in [1.82, 2.24) is 20.0 Å². The van der Waals surface area contributed by atoms with E-state index in [4.69, 9.17) is 9.84 Å². The molecule has 32 heavy (non-hydrogen) atoms. The van der Waals surface area contributed by atoms with Gasteiger partial charge in [-0.1, -0.05) is 62.1 Å². The normalized spacial score (nSPS) is 16.3. The van der Waals surface area contributed by atoms with Crippen LogP contribution in [0.3, 0.4) is 0 Å². The average Bonchev–Trinajstić information content (AvgIpc) is 3.52. The molecule has 2 N–H and O–H groups in total. The molecule has 2 aromatic heterocycles. The Bertz CT molecular complexity index is 1040. The zero-order valence-corrected chi connectivity index (χ0v) is 20.1. The Morgan fingerprint density at radius 3 is 2.81 bits per heavy atom. The number of para-hydroxylation sites is 1. The van der Waals surface area contributed by atoms with Crippen molar-refractivity contribution in [3.8, 4) is 5.69 Å². The van der Waals surface area contributed by atoms with Crippen LogP contribution < -0.4 is 10.6 Å². The zero-order chi connectivity index (χ0) is 22.6. The van der Waals surface area contributed by atoms with E-state index in [1.807, 2.05) is 36.4 Å². The second-order valence-corrected chi connectivity index (χ2v) is 10.8. The fraction of sp³-hybridized carbons (Fsp3) is 0.455. The Balaban J connectivity index is 1.36. The molecule has 1 fully saturated rings. The van der Waals surface area contributed by atoms with Crippen LogP contribution in [-0.4, -0.2) is 50.9 Å². The highest BCUT2D eigenvalue weighted by atomic mass is 32.2. The summed E-state index contributed by atoms with van der Waals surface area (Å²) in [4.78, 5) is 12.7. The van der Waals surface area contributed by atoms with Gasteiger partial charge >= 0.3 is 0 Å². The summed E-state index contributed by atoms with van der Waals surface area (Å²) < 4.78 is 8.14. The van der Waals surface area contributed by atoms with Gasteiger partial charge in [-0.25, -0.2) is 4.68 Å². The lowest BCUT2D eigenvalue weighted by Crippen LogP contribution is -2.18. The van der Waals surface area contributed by atoms with Crippen molar-refractivity contribution >= 4 is 40.0 Å². The molecular weight excluding hydrogens is 444 g/mol. The van der Waals surface area contributed by atoms with E-state index < -0.39 is 0 Å². The van der Waals surface area contributed by atoms with Gasteiger partial charge in [0.1, 0.15) is 5.82 Å². The molecular formula is C22H28N6O2S2. The van der Waals surface area contributed by atoms with Crippen LogP contribution in [0.4, 0.5) is 10.9 Å². The minimum Gasteiger partial charge on any atom is -0.376 e. The lowest BCUT2D eigenvalue weighted by atomic mass is 9.92. The van der Waals surface area contributed by atoms with E-state index in [0.29, 0.717) is 5.82 Å². The molecule has 0 aliphatic carbocycles. The summed E-state index contributed by atoms with van der Waals surface area (Å²) in [7, 11) is 0. The molecule has 0 bridgehead atoms. The van der Waals surface area contributed by atoms with Crippen LogP contribution in [0.25, 0.3) is 5.69 Å². The van der Waals surface area contributed by atoms with E-state index in [0.717, 1.165) is 46.8 Å². The fourth-order valence-electron chi connectivity index (χ4n) is 3.25. The van der Waals surface area contributed by atoms with Gasteiger partial charge in [0.25, 0.3) is 0 Å². The molecule has 8 nitrogen and oxygen atoms in total. The minimum absolute atomic E-state index is 0.114. The van der Waals surface area contributed by atoms with Gasteiger partial charge in [-0.2, -0.15) is 5.10 Å². The number of hydrogen-bond acceptors (Lipinski definition) is 8. The van der Waals surface area contributed by atoms with Crippen molar-refractivity contribution in [3.63, 3.8) is 0 Å². The van der Waals surface area contributed by atoms with Gasteiger partial charge in [-0.15, -0.1) is 10.2 Å². The molecule has 0 spiro atoms. The van der Waals surface area contributed by atoms with E-state index in [2.05, 4.69) is 41.6 Å². The van der Waals surface area contributed by atoms with E-state index >= 15 is 0 Å². The SMILES string of the molecule is CC(C)(C)c1cc(NC(=O)CSc2nnc(NC[C@@H]3CCCO3)s2)n(-c2ccccc2)n1. The number of thioether (sulfide) groups is 1. The first-order chi connectivity index (χ1) is 15.4. The highest BCUT2D eigenvalue weighted by Gasteiger charge is 2.22. The average molecular weight is 473 g/mol. The van der Waals surface area contributed by atoms with E-state index in [-0.39, 0.29) is 23.2 Å². The van der Waals surface area contributed by atoms with Crippen LogP contribution in [0, 0.1) is 0 Å². The molecule has 0 saturated carbocycles. The van der Waals surface area contributed by atoms with Gasteiger partial charge < -0.3 is 15.4 Å². The quantitative estimate of drug-likeness (QED) is 0.471. The Hall–Kier alpha value is -2.43. The van der Waals surface area contributed by atoms with E-state index in [9.17, 15) is 4.79 Å². The van der Waals surface area contributed by atoms with Crippen molar-refractivity contribution in [2.45, 2.75) is 49.5 Å². The van der Waals surface area contributed by atoms with Gasteiger partial charge in [0.2, 0.25) is 11.0 Å². The molecule has 3 heterocycles. The second kappa shape index (κ2) is 10.0. The number of anilines is 2. The summed E-state index contributed by atoms with van der Waals surface area (Å²) in [5.74, 6) is 0.782. The van der Waals surface area contributed by atoms with Gasteiger partial charge in [-0.05, 0) is 25.0 Å². The predicted octanol–water partition coefficient (Wildman–Crippen LogP) is 4.34. The van der Waals surface area contributed by atoms with Gasteiger partial charge in [0.15, 0.2) is 4.34 Å². The van der Waals surface area contributed by atoms with Crippen molar-refractivity contribution in [3.05, 3.63) is 42.1 Å². The van der Waals surface area contributed by atoms with Gasteiger partial charge in [0.05, 0.1) is 23.2 Å². The number of ether oxygens (including phenoxy) is 1. The summed E-state index contributed by atoms with van der Waals surface area (Å²) in [5.41, 5.74) is 1.68. The van der Waals surface area contributed by atoms with Crippen molar-refractivity contribution < 1.29 is 9.53 Å². The van der Waals surface area contributed by atoms with E-state index in [1.165, 1.54) is 23.1 Å². The standard InChI is InChI=1S/C22H28N6O2S2/c1-22(2,3)17-12-18(28(27-17)15-8-5-4-6-9-15)24-19(29)14-31-21-26-25-20(32-21)23-13-16-10-7-11-30-16/h4-6,8-9,12,16H,7,10-11,13-14H2,1-3H3,(H,23,25)(H,24,29)/t16-/m0/s1. The number of nitrogens with zero attached hydrogens (tertiary/aromatic N) is 4. The largest absolute Gasteiger partial charge is 0.376 e. The molecule has 0 unspecified atom stereocenters. The molecule has 3 aromatic rings. The highest BCUT2D eigenvalue weighted by Crippen LogP contribution is 2.28. The number of carbonyl (C=O) groups excluding carboxylic acids is 1. The summed E-state index contributed by atoms with van der Waals surface area (Å²) in [5, 5.41) is 20.1. The van der Waals surface area contributed by atoms with Crippen LogP contribution >= 0.6 is 23.1 Å². The monoisotopic (exact) mass is 472 g/mol. The van der Waals surface area contributed by atoms with Crippen molar-refractivity contribution in [2.75, 3.05) is 29.5 Å². The maximum Gasteiger partial charge on any atom is 0.235 e. The number of carbonyl (C=O) groups is 1. The van der Waals surface area contributed by atoms with Crippen LogP contribution in [0.15, 0.2) is 40.7 Å². The first-order valence-corrected chi connectivity index (χ1v) is 12.5. The minimum atomic E-state index is -0.131. The third-order valence-corrected chi connectivity index (χ3v) is 7.00. The summed E-state index contributed by atoms with van der Waals surface area (Å²) in [6.45, 7) is 7.88. The van der Waals surface area contributed by atoms with Crippen molar-refractivity contribution in [2.24, 2.45) is 0 Å².